The smallest absolute Gasteiger partial charge is 0.349 e. The summed E-state index contributed by atoms with van der Waals surface area (Å²) in [5, 5.41) is 4.31. The van der Waals surface area contributed by atoms with E-state index >= 15 is 0 Å². The van der Waals surface area contributed by atoms with Crippen LogP contribution in [-0.2, 0) is 13.0 Å². The maximum Gasteiger partial charge on any atom is 0.349 e. The van der Waals surface area contributed by atoms with Gasteiger partial charge in [0.05, 0.1) is 11.7 Å². The fraction of sp³-hybridized carbons (Fsp3) is 0.400. The van der Waals surface area contributed by atoms with Crippen molar-refractivity contribution in [1.82, 2.24) is 14.2 Å². The van der Waals surface area contributed by atoms with Gasteiger partial charge in [-0.05, 0) is 56.4 Å². The first kappa shape index (κ1) is 15.9. The van der Waals surface area contributed by atoms with Crippen LogP contribution in [0.4, 0.5) is 5.69 Å². The number of hydrogen-bond acceptors (Lipinski definition) is 3. The lowest BCUT2D eigenvalue weighted by atomic mass is 9.91. The summed E-state index contributed by atoms with van der Waals surface area (Å²) in [6.45, 7) is 7.75. The lowest BCUT2D eigenvalue weighted by Gasteiger charge is -2.29. The molecule has 0 radical (unpaired) electrons. The first-order valence-electron chi connectivity index (χ1n) is 8.95. The highest BCUT2D eigenvalue weighted by molar-refractivity contribution is 5.83. The van der Waals surface area contributed by atoms with Crippen LogP contribution in [0.2, 0.25) is 0 Å². The predicted octanol–water partition coefficient (Wildman–Crippen LogP) is 3.18. The lowest BCUT2D eigenvalue weighted by Crippen LogP contribution is -2.28. The molecule has 3 aromatic rings. The molecule has 0 amide bonds. The number of hydrogen-bond donors (Lipinski definition) is 0. The Bertz CT molecular complexity index is 1030. The maximum atomic E-state index is 12.8. The van der Waals surface area contributed by atoms with E-state index in [1.165, 1.54) is 27.1 Å². The minimum atomic E-state index is -0.0613. The van der Waals surface area contributed by atoms with Gasteiger partial charge in [0.15, 0.2) is 0 Å². The molecule has 3 heterocycles. The Morgan fingerprint density at radius 2 is 2.04 bits per heavy atom. The van der Waals surface area contributed by atoms with Crippen molar-refractivity contribution in [3.8, 4) is 11.1 Å². The van der Waals surface area contributed by atoms with Crippen LogP contribution in [0.3, 0.4) is 0 Å². The molecule has 1 aliphatic heterocycles. The number of aryl methyl sites for hydroxylation is 3. The highest BCUT2D eigenvalue weighted by atomic mass is 16.2. The summed E-state index contributed by atoms with van der Waals surface area (Å²) < 4.78 is 3.32. The third-order valence-corrected chi connectivity index (χ3v) is 5.48. The molecule has 0 spiro atoms. The molecule has 0 unspecified atom stereocenters. The fourth-order valence-corrected chi connectivity index (χ4v) is 4.21. The van der Waals surface area contributed by atoms with Gasteiger partial charge in [-0.2, -0.15) is 5.10 Å². The second-order valence-corrected chi connectivity index (χ2v) is 6.88. The Hall–Kier alpha value is -2.56. The first-order chi connectivity index (χ1) is 12.0. The third kappa shape index (κ3) is 2.22. The van der Waals surface area contributed by atoms with Gasteiger partial charge in [-0.25, -0.2) is 9.48 Å². The monoisotopic (exact) mass is 336 g/mol. The van der Waals surface area contributed by atoms with Crippen LogP contribution < -0.4 is 10.6 Å². The van der Waals surface area contributed by atoms with Gasteiger partial charge in [-0.15, -0.1) is 0 Å². The molecule has 4 rings (SSSR count). The van der Waals surface area contributed by atoms with Crippen molar-refractivity contribution in [2.75, 3.05) is 18.5 Å². The highest BCUT2D eigenvalue weighted by Crippen LogP contribution is 2.39. The summed E-state index contributed by atoms with van der Waals surface area (Å²) >= 11 is 0. The second kappa shape index (κ2) is 5.76. The SMILES string of the molecule is CCn1ncc2c(C)c(-c3cccc4c3CCCN4C)c(C)n2c1=O. The van der Waals surface area contributed by atoms with E-state index in [2.05, 4.69) is 42.2 Å². The molecule has 5 heteroatoms. The molecule has 0 saturated carbocycles. The molecule has 25 heavy (non-hydrogen) atoms. The summed E-state index contributed by atoms with van der Waals surface area (Å²) in [7, 11) is 2.15. The summed E-state index contributed by atoms with van der Waals surface area (Å²) in [5.74, 6) is 0. The predicted molar refractivity (Wildman–Crippen MR) is 102 cm³/mol. The zero-order valence-corrected chi connectivity index (χ0v) is 15.3. The number of benzene rings is 1. The topological polar surface area (TPSA) is 42.5 Å². The van der Waals surface area contributed by atoms with Crippen LogP contribution in [-0.4, -0.2) is 27.8 Å². The standard InChI is InChI=1S/C20H24N4O/c1-5-23-20(25)24-14(3)19(13(2)18(24)12-21-23)16-8-6-10-17-15(16)9-7-11-22(17)4/h6,8,10,12H,5,7,9,11H2,1-4H3. The van der Waals surface area contributed by atoms with Crippen molar-refractivity contribution in [3.05, 3.63) is 51.7 Å². The normalized spacial score (nSPS) is 14.2. The van der Waals surface area contributed by atoms with Crippen molar-refractivity contribution in [3.63, 3.8) is 0 Å². The van der Waals surface area contributed by atoms with Crippen molar-refractivity contribution >= 4 is 11.2 Å². The van der Waals surface area contributed by atoms with E-state index < -0.39 is 0 Å². The zero-order valence-electron chi connectivity index (χ0n) is 15.3. The molecule has 0 atom stereocenters. The molecule has 0 N–H and O–H groups in total. The third-order valence-electron chi connectivity index (χ3n) is 5.48. The number of nitrogens with zero attached hydrogens (tertiary/aromatic N) is 4. The molecular weight excluding hydrogens is 312 g/mol. The molecule has 130 valence electrons. The zero-order chi connectivity index (χ0) is 17.7. The largest absolute Gasteiger partial charge is 0.374 e. The summed E-state index contributed by atoms with van der Waals surface area (Å²) in [6.07, 6.45) is 4.06. The van der Waals surface area contributed by atoms with E-state index in [9.17, 15) is 4.79 Å². The molecular formula is C20H24N4O. The Kier molecular flexibility index (Phi) is 3.67. The second-order valence-electron chi connectivity index (χ2n) is 6.88. The molecule has 2 aromatic heterocycles. The molecule has 1 aliphatic rings. The van der Waals surface area contributed by atoms with Crippen LogP contribution in [0.25, 0.3) is 16.6 Å². The number of anilines is 1. The maximum absolute atomic E-state index is 12.8. The molecule has 0 saturated heterocycles. The van der Waals surface area contributed by atoms with Crippen molar-refractivity contribution in [2.24, 2.45) is 0 Å². The Balaban J connectivity index is 2.05. The average Bonchev–Trinajstić information content (AvgIpc) is 2.87. The highest BCUT2D eigenvalue weighted by Gasteiger charge is 2.23. The van der Waals surface area contributed by atoms with Crippen LogP contribution in [0.15, 0.2) is 29.2 Å². The Morgan fingerprint density at radius 3 is 2.80 bits per heavy atom. The van der Waals surface area contributed by atoms with E-state index in [-0.39, 0.29) is 5.69 Å². The first-order valence-corrected chi connectivity index (χ1v) is 8.95. The van der Waals surface area contributed by atoms with E-state index in [1.54, 1.807) is 0 Å². The van der Waals surface area contributed by atoms with Crippen LogP contribution in [0.5, 0.6) is 0 Å². The van der Waals surface area contributed by atoms with Crippen LogP contribution in [0, 0.1) is 13.8 Å². The molecule has 0 fully saturated rings. The van der Waals surface area contributed by atoms with E-state index in [0.717, 1.165) is 36.2 Å². The van der Waals surface area contributed by atoms with Gasteiger partial charge in [-0.1, -0.05) is 12.1 Å². The number of aromatic nitrogens is 3. The fourth-order valence-electron chi connectivity index (χ4n) is 4.21. The minimum absolute atomic E-state index is 0.0613. The Labute approximate surface area is 147 Å². The van der Waals surface area contributed by atoms with Gasteiger partial charge in [0.1, 0.15) is 0 Å². The summed E-state index contributed by atoms with van der Waals surface area (Å²) in [6, 6.07) is 6.52. The average molecular weight is 336 g/mol. The van der Waals surface area contributed by atoms with Crippen molar-refractivity contribution in [1.29, 1.82) is 0 Å². The Morgan fingerprint density at radius 1 is 1.24 bits per heavy atom. The number of fused-ring (bicyclic) bond motifs is 2. The van der Waals surface area contributed by atoms with Gasteiger partial charge in [0.25, 0.3) is 0 Å². The van der Waals surface area contributed by atoms with Crippen LogP contribution >= 0.6 is 0 Å². The van der Waals surface area contributed by atoms with Gasteiger partial charge in [0, 0.05) is 37.1 Å². The van der Waals surface area contributed by atoms with Crippen molar-refractivity contribution in [2.45, 2.75) is 40.2 Å². The summed E-state index contributed by atoms with van der Waals surface area (Å²) in [5.41, 5.74) is 8.11. The molecule has 1 aromatic carbocycles. The van der Waals surface area contributed by atoms with E-state index in [0.29, 0.717) is 6.54 Å². The minimum Gasteiger partial charge on any atom is -0.374 e. The van der Waals surface area contributed by atoms with E-state index in [1.807, 2.05) is 24.4 Å². The van der Waals surface area contributed by atoms with Gasteiger partial charge < -0.3 is 4.90 Å². The summed E-state index contributed by atoms with van der Waals surface area (Å²) in [4.78, 5) is 15.1. The molecule has 0 bridgehead atoms. The number of rotatable bonds is 2. The van der Waals surface area contributed by atoms with Gasteiger partial charge >= 0.3 is 5.69 Å². The quantitative estimate of drug-likeness (QED) is 0.722. The van der Waals surface area contributed by atoms with Gasteiger partial charge in [0.2, 0.25) is 0 Å². The molecule has 5 nitrogen and oxygen atoms in total. The van der Waals surface area contributed by atoms with E-state index in [4.69, 9.17) is 0 Å². The molecule has 0 aliphatic carbocycles. The van der Waals surface area contributed by atoms with Gasteiger partial charge in [-0.3, -0.25) is 4.40 Å². The lowest BCUT2D eigenvalue weighted by molar-refractivity contribution is 0.585. The van der Waals surface area contributed by atoms with Crippen molar-refractivity contribution < 1.29 is 0 Å². The van der Waals surface area contributed by atoms with Crippen LogP contribution in [0.1, 0.15) is 30.2 Å².